The molecule has 4 atom stereocenters. The lowest BCUT2D eigenvalue weighted by atomic mass is 9.55. The topological polar surface area (TPSA) is 29.5 Å². The number of ether oxygens (including phenoxy) is 1. The van der Waals surface area contributed by atoms with Crippen LogP contribution in [-0.2, 0) is 4.74 Å². The van der Waals surface area contributed by atoms with Crippen LogP contribution in [0.5, 0.6) is 0 Å². The van der Waals surface area contributed by atoms with Gasteiger partial charge in [0.2, 0.25) is 0 Å². The second-order valence-corrected chi connectivity index (χ2v) is 6.44. The molecule has 19 heavy (non-hydrogen) atoms. The monoisotopic (exact) mass is 264 g/mol. The smallest absolute Gasteiger partial charge is 0.101 e. The van der Waals surface area contributed by atoms with Crippen molar-refractivity contribution in [2.24, 2.45) is 11.8 Å². The maximum Gasteiger partial charge on any atom is 0.101 e. The van der Waals surface area contributed by atoms with Gasteiger partial charge >= 0.3 is 0 Å². The van der Waals surface area contributed by atoms with Gasteiger partial charge in [-0.25, -0.2) is 0 Å². The lowest BCUT2D eigenvalue weighted by Crippen LogP contribution is -2.64. The number of hydrogen-bond acceptors (Lipinski definition) is 2. The number of fused-ring (bicyclic) bond motifs is 1. The van der Waals surface area contributed by atoms with Crippen LogP contribution in [0.4, 0.5) is 0 Å². The largest absolute Gasteiger partial charge is 0.386 e. The maximum absolute atomic E-state index is 11.5. The van der Waals surface area contributed by atoms with E-state index >= 15 is 0 Å². The van der Waals surface area contributed by atoms with E-state index < -0.39 is 11.2 Å². The first kappa shape index (κ1) is 14.8. The second-order valence-electron chi connectivity index (χ2n) is 6.44. The van der Waals surface area contributed by atoms with Crippen LogP contribution in [0.2, 0.25) is 0 Å². The Morgan fingerprint density at radius 2 is 2.21 bits per heavy atom. The molecule has 2 fully saturated rings. The fraction of sp³-hybridized carbons (Fsp3) is 0.765. The SMILES string of the molecule is C=CC[C@]1(OCC)CCC(=C)[C@@H]2CC[C@@H](C)C[C@]21O. The number of aliphatic hydroxyl groups is 1. The van der Waals surface area contributed by atoms with Crippen molar-refractivity contribution in [2.75, 3.05) is 6.61 Å². The van der Waals surface area contributed by atoms with Crippen LogP contribution in [-0.4, -0.2) is 22.9 Å². The van der Waals surface area contributed by atoms with Gasteiger partial charge in [-0.15, -0.1) is 6.58 Å². The van der Waals surface area contributed by atoms with E-state index in [1.807, 2.05) is 13.0 Å². The van der Waals surface area contributed by atoms with E-state index in [1.54, 1.807) is 0 Å². The molecule has 2 rings (SSSR count). The highest BCUT2D eigenvalue weighted by molar-refractivity contribution is 5.23. The summed E-state index contributed by atoms with van der Waals surface area (Å²) in [4.78, 5) is 0. The molecule has 0 spiro atoms. The standard InChI is InChI=1S/C17H28O2/c1-5-10-16(19-6-2)11-9-14(4)15-8-7-13(3)12-17(15,16)18/h5,13,15,18H,1,4,6-12H2,2-3H3/t13-,15+,16+,17+/m1/s1. The molecule has 0 heterocycles. The molecule has 0 aromatic heterocycles. The van der Waals surface area contributed by atoms with Crippen molar-refractivity contribution in [1.29, 1.82) is 0 Å². The van der Waals surface area contributed by atoms with Gasteiger partial charge < -0.3 is 9.84 Å². The van der Waals surface area contributed by atoms with Gasteiger partial charge in [0.1, 0.15) is 11.2 Å². The van der Waals surface area contributed by atoms with Crippen LogP contribution in [0.1, 0.15) is 52.4 Å². The Labute approximate surface area is 117 Å². The van der Waals surface area contributed by atoms with E-state index in [4.69, 9.17) is 4.74 Å². The molecular weight excluding hydrogens is 236 g/mol. The minimum absolute atomic E-state index is 0.198. The van der Waals surface area contributed by atoms with E-state index in [1.165, 1.54) is 12.0 Å². The molecule has 0 amide bonds. The normalized spacial score (nSPS) is 42.8. The van der Waals surface area contributed by atoms with Crippen molar-refractivity contribution in [1.82, 2.24) is 0 Å². The van der Waals surface area contributed by atoms with Crippen molar-refractivity contribution in [3.63, 3.8) is 0 Å². The van der Waals surface area contributed by atoms with Crippen LogP contribution in [0.15, 0.2) is 24.8 Å². The lowest BCUT2D eigenvalue weighted by molar-refractivity contribution is -0.230. The molecule has 0 unspecified atom stereocenters. The van der Waals surface area contributed by atoms with Gasteiger partial charge in [0.25, 0.3) is 0 Å². The Morgan fingerprint density at radius 1 is 1.47 bits per heavy atom. The Hall–Kier alpha value is -0.600. The van der Waals surface area contributed by atoms with E-state index in [0.29, 0.717) is 12.5 Å². The summed E-state index contributed by atoms with van der Waals surface area (Å²) in [5.41, 5.74) is 0.00242. The fourth-order valence-corrected chi connectivity index (χ4v) is 4.31. The summed E-state index contributed by atoms with van der Waals surface area (Å²) >= 11 is 0. The summed E-state index contributed by atoms with van der Waals surface area (Å²) in [5.74, 6) is 0.751. The van der Waals surface area contributed by atoms with Crippen molar-refractivity contribution < 1.29 is 9.84 Å². The van der Waals surface area contributed by atoms with Gasteiger partial charge in [-0.2, -0.15) is 0 Å². The molecule has 2 aliphatic rings. The van der Waals surface area contributed by atoms with E-state index in [9.17, 15) is 5.11 Å². The Balaban J connectivity index is 2.40. The van der Waals surface area contributed by atoms with Crippen molar-refractivity contribution >= 4 is 0 Å². The molecule has 0 aromatic rings. The first-order chi connectivity index (χ1) is 8.99. The Bertz CT molecular complexity index is 362. The summed E-state index contributed by atoms with van der Waals surface area (Å²) in [6, 6.07) is 0. The molecule has 2 heteroatoms. The third-order valence-corrected chi connectivity index (χ3v) is 5.21. The van der Waals surface area contributed by atoms with Crippen LogP contribution in [0.3, 0.4) is 0 Å². The highest BCUT2D eigenvalue weighted by Gasteiger charge is 2.59. The highest BCUT2D eigenvalue weighted by atomic mass is 16.5. The van der Waals surface area contributed by atoms with Gasteiger partial charge in [-0.05, 0) is 51.4 Å². The average Bonchev–Trinajstić information content (AvgIpc) is 2.34. The molecule has 0 bridgehead atoms. The number of hydrogen-bond donors (Lipinski definition) is 1. The zero-order valence-electron chi connectivity index (χ0n) is 12.5. The van der Waals surface area contributed by atoms with Gasteiger partial charge in [-0.1, -0.05) is 25.2 Å². The van der Waals surface area contributed by atoms with Gasteiger partial charge in [0.15, 0.2) is 0 Å². The average molecular weight is 264 g/mol. The third-order valence-electron chi connectivity index (χ3n) is 5.21. The van der Waals surface area contributed by atoms with Crippen molar-refractivity contribution in [3.8, 4) is 0 Å². The quantitative estimate of drug-likeness (QED) is 0.781. The van der Waals surface area contributed by atoms with E-state index in [0.717, 1.165) is 32.1 Å². The summed E-state index contributed by atoms with van der Waals surface area (Å²) in [7, 11) is 0. The molecule has 0 radical (unpaired) electrons. The van der Waals surface area contributed by atoms with Gasteiger partial charge in [0.05, 0.1) is 0 Å². The molecular formula is C17H28O2. The van der Waals surface area contributed by atoms with Crippen LogP contribution in [0, 0.1) is 11.8 Å². The zero-order chi connectivity index (χ0) is 14.1. The van der Waals surface area contributed by atoms with Crippen LogP contribution >= 0.6 is 0 Å². The zero-order valence-corrected chi connectivity index (χ0v) is 12.5. The summed E-state index contributed by atoms with van der Waals surface area (Å²) in [6.45, 7) is 13.0. The van der Waals surface area contributed by atoms with Crippen molar-refractivity contribution in [3.05, 3.63) is 24.8 Å². The van der Waals surface area contributed by atoms with Gasteiger partial charge in [-0.3, -0.25) is 0 Å². The summed E-state index contributed by atoms with van der Waals surface area (Å²) in [5, 5.41) is 11.5. The highest BCUT2D eigenvalue weighted by Crippen LogP contribution is 2.55. The predicted octanol–water partition coefficient (Wildman–Crippen LogP) is 3.86. The molecule has 0 aromatic carbocycles. The van der Waals surface area contributed by atoms with E-state index in [-0.39, 0.29) is 5.92 Å². The molecule has 1 N–H and O–H groups in total. The van der Waals surface area contributed by atoms with E-state index in [2.05, 4.69) is 20.1 Å². The van der Waals surface area contributed by atoms with Crippen LogP contribution < -0.4 is 0 Å². The maximum atomic E-state index is 11.5. The first-order valence-electron chi connectivity index (χ1n) is 7.64. The molecule has 0 aliphatic heterocycles. The molecule has 2 aliphatic carbocycles. The number of rotatable bonds is 4. The third kappa shape index (κ3) is 2.30. The first-order valence-corrected chi connectivity index (χ1v) is 7.64. The van der Waals surface area contributed by atoms with Gasteiger partial charge in [0, 0.05) is 12.5 Å². The summed E-state index contributed by atoms with van der Waals surface area (Å²) in [6.07, 6.45) is 7.52. The molecule has 2 nitrogen and oxygen atoms in total. The second kappa shape index (κ2) is 5.41. The van der Waals surface area contributed by atoms with Crippen LogP contribution in [0.25, 0.3) is 0 Å². The summed E-state index contributed by atoms with van der Waals surface area (Å²) < 4.78 is 6.12. The Kier molecular flexibility index (Phi) is 4.22. The predicted molar refractivity (Wildman–Crippen MR) is 79.0 cm³/mol. The van der Waals surface area contributed by atoms with Crippen molar-refractivity contribution in [2.45, 2.75) is 63.6 Å². The lowest BCUT2D eigenvalue weighted by Gasteiger charge is -2.57. The fourth-order valence-electron chi connectivity index (χ4n) is 4.31. The Morgan fingerprint density at radius 3 is 2.84 bits per heavy atom. The minimum Gasteiger partial charge on any atom is -0.386 e. The molecule has 0 saturated heterocycles. The molecule has 108 valence electrons. The minimum atomic E-state index is -0.760. The molecule has 2 saturated carbocycles.